The summed E-state index contributed by atoms with van der Waals surface area (Å²) in [5.74, 6) is -0.709. The molecule has 4 rings (SSSR count). The van der Waals surface area contributed by atoms with Crippen molar-refractivity contribution in [2.45, 2.75) is 35.7 Å². The lowest BCUT2D eigenvalue weighted by Gasteiger charge is -2.40. The van der Waals surface area contributed by atoms with E-state index in [-0.39, 0.29) is 18.4 Å². The van der Waals surface area contributed by atoms with Gasteiger partial charge in [-0.1, -0.05) is 6.07 Å². The first kappa shape index (κ1) is 18.4. The van der Waals surface area contributed by atoms with Gasteiger partial charge < -0.3 is 14.4 Å². The van der Waals surface area contributed by atoms with Crippen LogP contribution in [-0.2, 0) is 24.3 Å². The molecule has 3 aliphatic heterocycles. The number of hydrogen-bond acceptors (Lipinski definition) is 6. The van der Waals surface area contributed by atoms with Crippen molar-refractivity contribution in [3.05, 3.63) is 17.5 Å². The van der Waals surface area contributed by atoms with Crippen molar-refractivity contribution < 1.29 is 22.7 Å². The lowest BCUT2D eigenvalue weighted by molar-refractivity contribution is -0.188. The smallest absolute Gasteiger partial charge is 0.252 e. The number of carbonyl (C=O) groups excluding carboxylic acids is 1. The summed E-state index contributed by atoms with van der Waals surface area (Å²) >= 11 is 1.22. The van der Waals surface area contributed by atoms with Crippen LogP contribution in [0.15, 0.2) is 21.7 Å². The molecule has 4 heterocycles. The number of hydrogen-bond donors (Lipinski definition) is 0. The van der Waals surface area contributed by atoms with Crippen LogP contribution in [0.1, 0.15) is 25.7 Å². The highest BCUT2D eigenvalue weighted by molar-refractivity contribution is 7.91. The van der Waals surface area contributed by atoms with Crippen LogP contribution in [0.25, 0.3) is 0 Å². The molecule has 7 nitrogen and oxygen atoms in total. The van der Waals surface area contributed by atoms with Crippen molar-refractivity contribution >= 4 is 27.3 Å². The average molecular weight is 401 g/mol. The molecule has 1 spiro atoms. The Morgan fingerprint density at radius 3 is 2.58 bits per heavy atom. The van der Waals surface area contributed by atoms with Gasteiger partial charge in [0.25, 0.3) is 10.0 Å². The summed E-state index contributed by atoms with van der Waals surface area (Å²) < 4.78 is 38.7. The molecule has 1 aromatic rings. The molecule has 3 aliphatic rings. The summed E-state index contributed by atoms with van der Waals surface area (Å²) in [4.78, 5) is 14.8. The van der Waals surface area contributed by atoms with Gasteiger partial charge >= 0.3 is 0 Å². The minimum Gasteiger partial charge on any atom is -0.347 e. The molecule has 0 aliphatic carbocycles. The highest BCUT2D eigenvalue weighted by Gasteiger charge is 2.42. The molecule has 0 radical (unpaired) electrons. The van der Waals surface area contributed by atoms with Crippen LogP contribution in [0.2, 0.25) is 0 Å². The maximum absolute atomic E-state index is 12.9. The Morgan fingerprint density at radius 1 is 1.19 bits per heavy atom. The predicted octanol–water partition coefficient (Wildman–Crippen LogP) is 1.51. The zero-order valence-corrected chi connectivity index (χ0v) is 16.3. The number of amides is 1. The van der Waals surface area contributed by atoms with E-state index in [0.717, 1.165) is 6.42 Å². The molecule has 3 fully saturated rings. The Balaban J connectivity index is 1.39. The van der Waals surface area contributed by atoms with Crippen molar-refractivity contribution in [2.24, 2.45) is 5.92 Å². The van der Waals surface area contributed by atoms with E-state index in [1.807, 2.05) is 4.90 Å². The molecular weight excluding hydrogens is 376 g/mol. The zero-order valence-electron chi connectivity index (χ0n) is 14.6. The molecule has 1 atom stereocenters. The molecule has 0 bridgehead atoms. The van der Waals surface area contributed by atoms with E-state index in [4.69, 9.17) is 9.47 Å². The maximum Gasteiger partial charge on any atom is 0.252 e. The monoisotopic (exact) mass is 400 g/mol. The van der Waals surface area contributed by atoms with E-state index in [2.05, 4.69) is 0 Å². The molecule has 1 amide bonds. The SMILES string of the molecule is O=C(C1CCCN(S(=O)(=O)c2cccs2)C1)N1CCC2(CC1)OCCO2. The second-order valence-electron chi connectivity index (χ2n) is 7.07. The molecule has 3 saturated heterocycles. The topological polar surface area (TPSA) is 76.2 Å². The Bertz CT molecular complexity index is 733. The first-order valence-corrected chi connectivity index (χ1v) is 11.4. The van der Waals surface area contributed by atoms with Crippen LogP contribution < -0.4 is 0 Å². The van der Waals surface area contributed by atoms with Crippen molar-refractivity contribution in [3.8, 4) is 0 Å². The number of sulfonamides is 1. The summed E-state index contributed by atoms with van der Waals surface area (Å²) in [7, 11) is -3.49. The minimum atomic E-state index is -3.49. The summed E-state index contributed by atoms with van der Waals surface area (Å²) in [5, 5.41) is 1.76. The van der Waals surface area contributed by atoms with Gasteiger partial charge in [-0.05, 0) is 24.3 Å². The van der Waals surface area contributed by atoms with Crippen molar-refractivity contribution in [3.63, 3.8) is 0 Å². The van der Waals surface area contributed by atoms with Crippen molar-refractivity contribution in [2.75, 3.05) is 39.4 Å². The summed E-state index contributed by atoms with van der Waals surface area (Å²) in [6.07, 6.45) is 2.82. The average Bonchev–Trinajstić information content (AvgIpc) is 3.35. The number of ether oxygens (including phenoxy) is 2. The lowest BCUT2D eigenvalue weighted by atomic mass is 9.96. The molecule has 144 valence electrons. The van der Waals surface area contributed by atoms with E-state index in [0.29, 0.717) is 56.3 Å². The first-order valence-electron chi connectivity index (χ1n) is 9.11. The Labute approximate surface area is 157 Å². The van der Waals surface area contributed by atoms with Crippen molar-refractivity contribution in [1.82, 2.24) is 9.21 Å². The maximum atomic E-state index is 12.9. The summed E-state index contributed by atoms with van der Waals surface area (Å²) in [6, 6.07) is 3.36. The zero-order chi connectivity index (χ0) is 18.2. The largest absolute Gasteiger partial charge is 0.347 e. The molecule has 1 aromatic heterocycles. The van der Waals surface area contributed by atoms with Crippen LogP contribution >= 0.6 is 11.3 Å². The fraction of sp³-hybridized carbons (Fsp3) is 0.706. The molecule has 26 heavy (non-hydrogen) atoms. The molecule has 0 N–H and O–H groups in total. The minimum absolute atomic E-state index is 0.0592. The molecule has 1 unspecified atom stereocenters. The molecular formula is C17H24N2O5S2. The number of thiophene rings is 1. The van der Waals surface area contributed by atoms with Gasteiger partial charge in [0.05, 0.1) is 19.1 Å². The Hall–Kier alpha value is -1.00. The van der Waals surface area contributed by atoms with Gasteiger partial charge in [-0.15, -0.1) is 11.3 Å². The number of nitrogens with zero attached hydrogens (tertiary/aromatic N) is 2. The third-order valence-corrected chi connectivity index (χ3v) is 8.71. The summed E-state index contributed by atoms with van der Waals surface area (Å²) in [6.45, 7) is 3.20. The van der Waals surface area contributed by atoms with Gasteiger partial charge in [-0.3, -0.25) is 4.79 Å². The van der Waals surface area contributed by atoms with Gasteiger partial charge in [-0.25, -0.2) is 8.42 Å². The highest BCUT2D eigenvalue weighted by Crippen LogP contribution is 2.33. The fourth-order valence-electron chi connectivity index (χ4n) is 4.01. The van der Waals surface area contributed by atoms with Crippen LogP contribution in [0.3, 0.4) is 0 Å². The van der Waals surface area contributed by atoms with E-state index in [1.165, 1.54) is 15.6 Å². The van der Waals surface area contributed by atoms with Gasteiger partial charge in [0.15, 0.2) is 5.79 Å². The number of piperidine rings is 2. The first-order chi connectivity index (χ1) is 12.5. The number of carbonyl (C=O) groups is 1. The van der Waals surface area contributed by atoms with E-state index in [9.17, 15) is 13.2 Å². The fourth-order valence-corrected chi connectivity index (χ4v) is 6.68. The van der Waals surface area contributed by atoms with Crippen molar-refractivity contribution in [1.29, 1.82) is 0 Å². The highest BCUT2D eigenvalue weighted by atomic mass is 32.2. The van der Waals surface area contributed by atoms with Gasteiger partial charge in [0, 0.05) is 39.0 Å². The quantitative estimate of drug-likeness (QED) is 0.769. The van der Waals surface area contributed by atoms with Gasteiger partial charge in [-0.2, -0.15) is 4.31 Å². The van der Waals surface area contributed by atoms with Gasteiger partial charge in [0.2, 0.25) is 5.91 Å². The molecule has 0 aromatic carbocycles. The van der Waals surface area contributed by atoms with Crippen LogP contribution in [0, 0.1) is 5.92 Å². The van der Waals surface area contributed by atoms with E-state index >= 15 is 0 Å². The third-order valence-electron chi connectivity index (χ3n) is 5.47. The molecule has 9 heteroatoms. The Morgan fingerprint density at radius 2 is 1.92 bits per heavy atom. The van der Waals surface area contributed by atoms with E-state index < -0.39 is 15.8 Å². The second kappa shape index (κ2) is 7.20. The van der Waals surface area contributed by atoms with Crippen LogP contribution in [-0.4, -0.2) is 68.7 Å². The van der Waals surface area contributed by atoms with Crippen LogP contribution in [0.4, 0.5) is 0 Å². The standard InChI is InChI=1S/C17H24N2O5S2/c20-16(18-8-5-17(6-9-18)23-10-11-24-17)14-3-1-7-19(13-14)26(21,22)15-4-2-12-25-15/h2,4,12,14H,1,3,5-11,13H2. The second-order valence-corrected chi connectivity index (χ2v) is 10.2. The number of likely N-dealkylation sites (tertiary alicyclic amines) is 1. The van der Waals surface area contributed by atoms with Gasteiger partial charge in [0.1, 0.15) is 4.21 Å². The predicted molar refractivity (Wildman–Crippen MR) is 96.3 cm³/mol. The number of rotatable bonds is 3. The molecule has 0 saturated carbocycles. The van der Waals surface area contributed by atoms with E-state index in [1.54, 1.807) is 17.5 Å². The third kappa shape index (κ3) is 3.43. The normalized spacial score (nSPS) is 27.1. The summed E-state index contributed by atoms with van der Waals surface area (Å²) in [5.41, 5.74) is 0. The lowest BCUT2D eigenvalue weighted by Crippen LogP contribution is -2.51. The van der Waals surface area contributed by atoms with Crippen LogP contribution in [0.5, 0.6) is 0 Å². The Kier molecular flexibility index (Phi) is 5.08.